The normalized spacial score (nSPS) is 22.4. The van der Waals surface area contributed by atoms with Crippen LogP contribution < -0.4 is 4.90 Å². The van der Waals surface area contributed by atoms with Gasteiger partial charge in [-0.15, -0.1) is 0 Å². The Hall–Kier alpha value is -1.73. The molecule has 2 aliphatic heterocycles. The number of aromatic nitrogens is 2. The Balaban J connectivity index is 1.55. The summed E-state index contributed by atoms with van der Waals surface area (Å²) in [7, 11) is 3.85. The molecule has 1 aromatic heterocycles. The highest BCUT2D eigenvalue weighted by Crippen LogP contribution is 2.15. The summed E-state index contributed by atoms with van der Waals surface area (Å²) < 4.78 is 5.74. The molecule has 0 saturated carbocycles. The third-order valence-corrected chi connectivity index (χ3v) is 4.59. The zero-order valence-corrected chi connectivity index (χ0v) is 14.6. The van der Waals surface area contributed by atoms with Crippen molar-refractivity contribution in [3.05, 3.63) is 18.0 Å². The van der Waals surface area contributed by atoms with Gasteiger partial charge in [0, 0.05) is 64.8 Å². The summed E-state index contributed by atoms with van der Waals surface area (Å²) in [6, 6.07) is 0. The van der Waals surface area contributed by atoms with Gasteiger partial charge < -0.3 is 14.5 Å². The number of hydrogen-bond donors (Lipinski definition) is 0. The molecule has 7 nitrogen and oxygen atoms in total. The molecule has 1 amide bonds. The number of amides is 1. The van der Waals surface area contributed by atoms with Gasteiger partial charge in [-0.2, -0.15) is 0 Å². The lowest BCUT2D eigenvalue weighted by Gasteiger charge is -2.36. The van der Waals surface area contributed by atoms with Gasteiger partial charge in [0.1, 0.15) is 6.10 Å². The number of anilines is 1. The Bertz CT molecular complexity index is 542. The fraction of sp³-hybridized carbons (Fsp3) is 0.706. The maximum absolute atomic E-state index is 12.6. The summed E-state index contributed by atoms with van der Waals surface area (Å²) >= 11 is 0. The van der Waals surface area contributed by atoms with Gasteiger partial charge in [-0.3, -0.25) is 9.69 Å². The molecule has 0 bridgehead atoms. The van der Waals surface area contributed by atoms with Crippen LogP contribution in [-0.4, -0.2) is 78.7 Å². The van der Waals surface area contributed by atoms with Gasteiger partial charge in [-0.25, -0.2) is 9.97 Å². The predicted octanol–water partition coefficient (Wildman–Crippen LogP) is 0.756. The van der Waals surface area contributed by atoms with Crippen molar-refractivity contribution < 1.29 is 9.53 Å². The number of piperidine rings is 1. The summed E-state index contributed by atoms with van der Waals surface area (Å²) in [5.41, 5.74) is 1.06. The highest BCUT2D eigenvalue weighted by Gasteiger charge is 2.30. The topological polar surface area (TPSA) is 61.8 Å². The number of likely N-dealkylation sites (tertiary alicyclic amines) is 1. The van der Waals surface area contributed by atoms with E-state index in [2.05, 4.69) is 14.9 Å². The quantitative estimate of drug-likeness (QED) is 0.811. The average Bonchev–Trinajstić information content (AvgIpc) is 2.62. The number of nitrogens with zero attached hydrogens (tertiary/aromatic N) is 5. The highest BCUT2D eigenvalue weighted by atomic mass is 16.5. The van der Waals surface area contributed by atoms with Crippen LogP contribution in [0, 0.1) is 0 Å². The first-order chi connectivity index (χ1) is 11.6. The predicted molar refractivity (Wildman–Crippen MR) is 91.8 cm³/mol. The molecule has 2 saturated heterocycles. The summed E-state index contributed by atoms with van der Waals surface area (Å²) in [5, 5.41) is 0. The van der Waals surface area contributed by atoms with Crippen LogP contribution in [0.2, 0.25) is 0 Å². The molecule has 0 radical (unpaired) electrons. The molecule has 0 aliphatic carbocycles. The number of morpholine rings is 1. The first-order valence-corrected chi connectivity index (χ1v) is 8.74. The number of rotatable bonds is 4. The van der Waals surface area contributed by atoms with Gasteiger partial charge >= 0.3 is 0 Å². The van der Waals surface area contributed by atoms with E-state index >= 15 is 0 Å². The van der Waals surface area contributed by atoms with Crippen LogP contribution in [0.25, 0.3) is 0 Å². The maximum Gasteiger partial charge on any atom is 0.253 e. The van der Waals surface area contributed by atoms with Crippen molar-refractivity contribution in [2.45, 2.75) is 31.9 Å². The average molecular weight is 333 g/mol. The third kappa shape index (κ3) is 4.21. The lowest BCUT2D eigenvalue weighted by atomic mass is 10.1. The molecule has 3 heterocycles. The molecule has 2 aliphatic rings. The standard InChI is InChI=1S/C17H27N5O2/c1-20(2)17-18-10-14(11-19-17)12-21-8-9-24-15(13-21)16(23)22-6-4-3-5-7-22/h10-11,15H,3-9,12-13H2,1-2H3/t15-/m0/s1. The van der Waals surface area contributed by atoms with Crippen LogP contribution in [0.5, 0.6) is 0 Å². The zero-order chi connectivity index (χ0) is 16.9. The lowest BCUT2D eigenvalue weighted by Crippen LogP contribution is -2.51. The second-order valence-corrected chi connectivity index (χ2v) is 6.77. The largest absolute Gasteiger partial charge is 0.366 e. The molecule has 2 fully saturated rings. The molecule has 0 spiro atoms. The second kappa shape index (κ2) is 7.90. The summed E-state index contributed by atoms with van der Waals surface area (Å²) in [4.78, 5) is 27.4. The SMILES string of the molecule is CN(C)c1ncc(CN2CCO[C@H](C(=O)N3CCCCC3)C2)cn1. The van der Waals surface area contributed by atoms with Crippen molar-refractivity contribution in [1.29, 1.82) is 0 Å². The Kier molecular flexibility index (Phi) is 5.63. The Morgan fingerprint density at radius 3 is 2.58 bits per heavy atom. The summed E-state index contributed by atoms with van der Waals surface area (Å²) in [6.07, 6.45) is 6.83. The Morgan fingerprint density at radius 2 is 1.92 bits per heavy atom. The van der Waals surface area contributed by atoms with E-state index in [-0.39, 0.29) is 12.0 Å². The van der Waals surface area contributed by atoms with E-state index in [9.17, 15) is 4.79 Å². The van der Waals surface area contributed by atoms with Crippen LogP contribution in [0.1, 0.15) is 24.8 Å². The number of carbonyl (C=O) groups is 1. The molecular weight excluding hydrogens is 306 g/mol. The summed E-state index contributed by atoms with van der Waals surface area (Å²) in [6.45, 7) is 4.57. The molecule has 0 unspecified atom stereocenters. The Labute approximate surface area is 143 Å². The molecule has 24 heavy (non-hydrogen) atoms. The fourth-order valence-electron chi connectivity index (χ4n) is 3.23. The minimum absolute atomic E-state index is 0.151. The van der Waals surface area contributed by atoms with E-state index in [1.54, 1.807) is 0 Å². The van der Waals surface area contributed by atoms with Gasteiger partial charge in [-0.05, 0) is 19.3 Å². The zero-order valence-electron chi connectivity index (χ0n) is 14.6. The lowest BCUT2D eigenvalue weighted by molar-refractivity contribution is -0.150. The second-order valence-electron chi connectivity index (χ2n) is 6.77. The molecule has 1 aromatic rings. The van der Waals surface area contributed by atoms with Crippen LogP contribution in [0.4, 0.5) is 5.95 Å². The van der Waals surface area contributed by atoms with E-state index in [4.69, 9.17) is 4.74 Å². The van der Waals surface area contributed by atoms with Crippen molar-refractivity contribution in [3.8, 4) is 0 Å². The van der Waals surface area contributed by atoms with E-state index in [1.807, 2.05) is 36.3 Å². The van der Waals surface area contributed by atoms with E-state index in [1.165, 1.54) is 6.42 Å². The number of carbonyl (C=O) groups excluding carboxylic acids is 1. The smallest absolute Gasteiger partial charge is 0.253 e. The molecule has 132 valence electrons. The van der Waals surface area contributed by atoms with Gasteiger partial charge in [0.25, 0.3) is 5.91 Å². The number of hydrogen-bond acceptors (Lipinski definition) is 6. The van der Waals surface area contributed by atoms with E-state index < -0.39 is 0 Å². The van der Waals surface area contributed by atoms with Crippen molar-refractivity contribution >= 4 is 11.9 Å². The first-order valence-electron chi connectivity index (χ1n) is 8.74. The van der Waals surface area contributed by atoms with E-state index in [0.29, 0.717) is 19.1 Å². The van der Waals surface area contributed by atoms with Gasteiger partial charge in [-0.1, -0.05) is 0 Å². The van der Waals surface area contributed by atoms with Crippen molar-refractivity contribution in [2.24, 2.45) is 0 Å². The minimum Gasteiger partial charge on any atom is -0.366 e. The fourth-order valence-corrected chi connectivity index (χ4v) is 3.23. The van der Waals surface area contributed by atoms with Gasteiger partial charge in [0.05, 0.1) is 6.61 Å². The van der Waals surface area contributed by atoms with Crippen LogP contribution >= 0.6 is 0 Å². The Morgan fingerprint density at radius 1 is 1.21 bits per heavy atom. The van der Waals surface area contributed by atoms with Crippen LogP contribution in [0.3, 0.4) is 0 Å². The summed E-state index contributed by atoms with van der Waals surface area (Å²) in [5.74, 6) is 0.859. The van der Waals surface area contributed by atoms with Crippen molar-refractivity contribution in [2.75, 3.05) is 51.8 Å². The van der Waals surface area contributed by atoms with Crippen LogP contribution in [0.15, 0.2) is 12.4 Å². The molecule has 0 aromatic carbocycles. The van der Waals surface area contributed by atoms with Crippen LogP contribution in [-0.2, 0) is 16.1 Å². The first kappa shape index (κ1) is 17.1. The minimum atomic E-state index is -0.334. The third-order valence-electron chi connectivity index (χ3n) is 4.59. The molecule has 7 heteroatoms. The molecule has 0 N–H and O–H groups in total. The monoisotopic (exact) mass is 333 g/mol. The van der Waals surface area contributed by atoms with E-state index in [0.717, 1.165) is 44.6 Å². The van der Waals surface area contributed by atoms with Gasteiger partial charge in [0.2, 0.25) is 5.95 Å². The van der Waals surface area contributed by atoms with Crippen molar-refractivity contribution in [1.82, 2.24) is 19.8 Å². The molecule has 1 atom stereocenters. The number of ether oxygens (including phenoxy) is 1. The van der Waals surface area contributed by atoms with Gasteiger partial charge in [0.15, 0.2) is 0 Å². The van der Waals surface area contributed by atoms with Crippen molar-refractivity contribution in [3.63, 3.8) is 0 Å². The highest BCUT2D eigenvalue weighted by molar-refractivity contribution is 5.81. The maximum atomic E-state index is 12.6. The molecular formula is C17H27N5O2. The molecule has 3 rings (SSSR count).